The van der Waals surface area contributed by atoms with Crippen LogP contribution in [0.1, 0.15) is 5.56 Å². The number of epoxide rings is 1. The van der Waals surface area contributed by atoms with Crippen molar-refractivity contribution in [2.24, 2.45) is 0 Å². The van der Waals surface area contributed by atoms with Crippen molar-refractivity contribution >= 4 is 15.7 Å². The molecule has 5 nitrogen and oxygen atoms in total. The molecule has 0 aliphatic carbocycles. The minimum atomic E-state index is -3.78. The van der Waals surface area contributed by atoms with Gasteiger partial charge in [-0.15, -0.1) is 4.47 Å². The summed E-state index contributed by atoms with van der Waals surface area (Å²) >= 11 is 0. The Morgan fingerprint density at radius 1 is 1.14 bits per heavy atom. The van der Waals surface area contributed by atoms with Crippen molar-refractivity contribution in [3.63, 3.8) is 0 Å². The van der Waals surface area contributed by atoms with Gasteiger partial charge >= 0.3 is 0 Å². The standard InChI is InChI=1S/C16H17NO4S/c1-13-7-9-16(10-8-13)22(18,19)17(21-12-15-11-20-15)14-5-3-2-4-6-14/h2-10,15H,11-12H2,1H3. The molecule has 6 heteroatoms. The van der Waals surface area contributed by atoms with E-state index in [4.69, 9.17) is 9.57 Å². The predicted octanol–water partition coefficient (Wildman–Crippen LogP) is 2.52. The molecular weight excluding hydrogens is 302 g/mol. The Kier molecular flexibility index (Phi) is 4.15. The van der Waals surface area contributed by atoms with Gasteiger partial charge in [-0.2, -0.15) is 8.42 Å². The van der Waals surface area contributed by atoms with Gasteiger partial charge in [0.15, 0.2) is 0 Å². The molecule has 0 bridgehead atoms. The molecule has 22 heavy (non-hydrogen) atoms. The molecule has 1 aliphatic heterocycles. The minimum Gasteiger partial charge on any atom is -0.371 e. The van der Waals surface area contributed by atoms with Gasteiger partial charge in [-0.1, -0.05) is 35.9 Å². The number of nitrogens with zero attached hydrogens (tertiary/aromatic N) is 1. The number of para-hydroxylation sites is 1. The molecule has 1 aliphatic rings. The van der Waals surface area contributed by atoms with E-state index in [1.54, 1.807) is 48.5 Å². The topological polar surface area (TPSA) is 59.1 Å². The van der Waals surface area contributed by atoms with Gasteiger partial charge in [0.2, 0.25) is 0 Å². The lowest BCUT2D eigenvalue weighted by Crippen LogP contribution is -2.32. The molecule has 3 rings (SSSR count). The second-order valence-corrected chi connectivity index (χ2v) is 6.89. The molecule has 1 heterocycles. The Hall–Kier alpha value is -1.89. The molecule has 1 saturated heterocycles. The molecular formula is C16H17NO4S. The average molecular weight is 319 g/mol. The smallest absolute Gasteiger partial charge is 0.286 e. The number of sulfonamides is 1. The van der Waals surface area contributed by atoms with Gasteiger partial charge in [0, 0.05) is 0 Å². The van der Waals surface area contributed by atoms with E-state index in [1.807, 2.05) is 13.0 Å². The van der Waals surface area contributed by atoms with E-state index in [0.29, 0.717) is 12.3 Å². The molecule has 0 amide bonds. The highest BCUT2D eigenvalue weighted by molar-refractivity contribution is 7.92. The van der Waals surface area contributed by atoms with E-state index in [0.717, 1.165) is 10.0 Å². The van der Waals surface area contributed by atoms with Crippen molar-refractivity contribution in [3.8, 4) is 0 Å². The lowest BCUT2D eigenvalue weighted by Gasteiger charge is -2.23. The van der Waals surface area contributed by atoms with Gasteiger partial charge in [0.05, 0.1) is 17.2 Å². The first-order valence-electron chi connectivity index (χ1n) is 6.99. The SMILES string of the molecule is Cc1ccc(S(=O)(=O)N(OCC2CO2)c2ccccc2)cc1. The predicted molar refractivity (Wildman–Crippen MR) is 83.0 cm³/mol. The third-order valence-corrected chi connectivity index (χ3v) is 4.90. The summed E-state index contributed by atoms with van der Waals surface area (Å²) in [5, 5.41) is 0. The Labute approximate surface area is 130 Å². The maximum absolute atomic E-state index is 12.8. The van der Waals surface area contributed by atoms with Crippen molar-refractivity contribution in [2.75, 3.05) is 17.7 Å². The minimum absolute atomic E-state index is 0.0283. The third kappa shape index (κ3) is 3.30. The third-order valence-electron chi connectivity index (χ3n) is 3.28. The average Bonchev–Trinajstić information content (AvgIpc) is 3.33. The monoisotopic (exact) mass is 319 g/mol. The number of rotatable bonds is 6. The second kappa shape index (κ2) is 6.08. The lowest BCUT2D eigenvalue weighted by atomic mass is 10.2. The van der Waals surface area contributed by atoms with Gasteiger partial charge < -0.3 is 4.74 Å². The molecule has 0 spiro atoms. The Morgan fingerprint density at radius 3 is 2.36 bits per heavy atom. The van der Waals surface area contributed by atoms with E-state index >= 15 is 0 Å². The first-order chi connectivity index (χ1) is 10.6. The maximum Gasteiger partial charge on any atom is 0.286 e. The number of ether oxygens (including phenoxy) is 1. The second-order valence-electron chi connectivity index (χ2n) is 5.13. The normalized spacial score (nSPS) is 17.2. The fourth-order valence-electron chi connectivity index (χ4n) is 1.95. The van der Waals surface area contributed by atoms with Crippen molar-refractivity contribution in [2.45, 2.75) is 17.9 Å². The van der Waals surface area contributed by atoms with Crippen LogP contribution in [-0.2, 0) is 19.6 Å². The zero-order valence-corrected chi connectivity index (χ0v) is 13.0. The number of hydrogen-bond donors (Lipinski definition) is 0. The first kappa shape index (κ1) is 15.0. The molecule has 1 unspecified atom stereocenters. The number of anilines is 1. The molecule has 2 aromatic rings. The highest BCUT2D eigenvalue weighted by Crippen LogP contribution is 2.25. The zero-order chi connectivity index (χ0) is 15.6. The molecule has 116 valence electrons. The number of hydrogen-bond acceptors (Lipinski definition) is 4. The van der Waals surface area contributed by atoms with Gasteiger partial charge in [0.25, 0.3) is 10.0 Å². The Bertz CT molecular complexity index is 725. The van der Waals surface area contributed by atoms with Crippen LogP contribution in [0.3, 0.4) is 0 Å². The van der Waals surface area contributed by atoms with Crippen molar-refractivity contribution in [1.29, 1.82) is 0 Å². The molecule has 1 fully saturated rings. The number of benzene rings is 2. The van der Waals surface area contributed by atoms with E-state index in [9.17, 15) is 8.42 Å². The summed E-state index contributed by atoms with van der Waals surface area (Å²) in [6, 6.07) is 15.4. The van der Waals surface area contributed by atoms with Crippen LogP contribution in [-0.4, -0.2) is 27.7 Å². The summed E-state index contributed by atoms with van der Waals surface area (Å²) < 4.78 is 31.7. The van der Waals surface area contributed by atoms with E-state index in [1.165, 1.54) is 0 Å². The van der Waals surface area contributed by atoms with Crippen LogP contribution >= 0.6 is 0 Å². The first-order valence-corrected chi connectivity index (χ1v) is 8.43. The lowest BCUT2D eigenvalue weighted by molar-refractivity contribution is 0.129. The molecule has 1 atom stereocenters. The van der Waals surface area contributed by atoms with Crippen molar-refractivity contribution in [1.82, 2.24) is 0 Å². The van der Waals surface area contributed by atoms with Crippen LogP contribution in [0.25, 0.3) is 0 Å². The Morgan fingerprint density at radius 2 is 1.77 bits per heavy atom. The van der Waals surface area contributed by atoms with Crippen LogP contribution in [0.2, 0.25) is 0 Å². The summed E-state index contributed by atoms with van der Waals surface area (Å²) in [5.41, 5.74) is 1.46. The quantitative estimate of drug-likeness (QED) is 0.606. The molecule has 0 N–H and O–H groups in total. The van der Waals surface area contributed by atoms with Crippen LogP contribution in [0, 0.1) is 6.92 Å². The van der Waals surface area contributed by atoms with Crippen molar-refractivity contribution in [3.05, 3.63) is 60.2 Å². The van der Waals surface area contributed by atoms with Crippen molar-refractivity contribution < 1.29 is 18.0 Å². The van der Waals surface area contributed by atoms with Gasteiger partial charge in [-0.25, -0.2) is 0 Å². The highest BCUT2D eigenvalue weighted by Gasteiger charge is 2.30. The van der Waals surface area contributed by atoms with Crippen LogP contribution in [0.5, 0.6) is 0 Å². The molecule has 2 aromatic carbocycles. The van der Waals surface area contributed by atoms with Gasteiger partial charge in [-0.3, -0.25) is 4.84 Å². The molecule has 0 aromatic heterocycles. The van der Waals surface area contributed by atoms with Crippen LogP contribution in [0.4, 0.5) is 5.69 Å². The fraction of sp³-hybridized carbons (Fsp3) is 0.250. The summed E-state index contributed by atoms with van der Waals surface area (Å²) in [6.45, 7) is 2.72. The number of aryl methyl sites for hydroxylation is 1. The zero-order valence-electron chi connectivity index (χ0n) is 12.2. The Balaban J connectivity index is 1.94. The van der Waals surface area contributed by atoms with Crippen LogP contribution in [0.15, 0.2) is 59.5 Å². The largest absolute Gasteiger partial charge is 0.371 e. The van der Waals surface area contributed by atoms with Crippen LogP contribution < -0.4 is 4.47 Å². The van der Waals surface area contributed by atoms with E-state index in [2.05, 4.69) is 0 Å². The van der Waals surface area contributed by atoms with E-state index in [-0.39, 0.29) is 17.6 Å². The summed E-state index contributed by atoms with van der Waals surface area (Å²) in [4.78, 5) is 5.72. The highest BCUT2D eigenvalue weighted by atomic mass is 32.2. The summed E-state index contributed by atoms with van der Waals surface area (Å²) in [7, 11) is -3.78. The molecule has 0 saturated carbocycles. The van der Waals surface area contributed by atoms with Gasteiger partial charge in [-0.05, 0) is 31.2 Å². The molecule has 0 radical (unpaired) electrons. The maximum atomic E-state index is 12.8. The fourth-order valence-corrected chi connectivity index (χ4v) is 3.22. The van der Waals surface area contributed by atoms with Gasteiger partial charge in [0.1, 0.15) is 12.7 Å². The summed E-state index contributed by atoms with van der Waals surface area (Å²) in [5.74, 6) is 0. The van der Waals surface area contributed by atoms with E-state index < -0.39 is 10.0 Å². The summed E-state index contributed by atoms with van der Waals surface area (Å²) in [6.07, 6.45) is -0.0283.